The lowest BCUT2D eigenvalue weighted by atomic mass is 9.92. The minimum atomic E-state index is -0.971. The van der Waals surface area contributed by atoms with Crippen LogP contribution in [0.1, 0.15) is 45.6 Å². The number of hydrogen-bond donors (Lipinski definition) is 2. The summed E-state index contributed by atoms with van der Waals surface area (Å²) in [6.45, 7) is 5.92. The molecule has 0 fully saturated rings. The van der Waals surface area contributed by atoms with Crippen molar-refractivity contribution in [3.8, 4) is 0 Å². The van der Waals surface area contributed by atoms with E-state index in [0.29, 0.717) is 0 Å². The maximum atomic E-state index is 12.2. The van der Waals surface area contributed by atoms with Crippen LogP contribution in [0.25, 0.3) is 0 Å². The fourth-order valence-corrected chi connectivity index (χ4v) is 1.87. The molecule has 2 atom stereocenters. The SMILES string of the molecule is CCCCC(C)NC(=O)C(C)(N)c1ccccc1. The van der Waals surface area contributed by atoms with Gasteiger partial charge in [0.1, 0.15) is 5.54 Å². The summed E-state index contributed by atoms with van der Waals surface area (Å²) in [7, 11) is 0. The molecular weight excluding hydrogens is 224 g/mol. The molecule has 0 saturated heterocycles. The van der Waals surface area contributed by atoms with Gasteiger partial charge in [-0.05, 0) is 25.8 Å². The zero-order valence-corrected chi connectivity index (χ0v) is 11.6. The lowest BCUT2D eigenvalue weighted by Gasteiger charge is -2.26. The quantitative estimate of drug-likeness (QED) is 0.813. The standard InChI is InChI=1S/C15H24N2O/c1-4-5-9-12(2)17-14(18)15(3,16)13-10-7-6-8-11-13/h6-8,10-12H,4-5,9,16H2,1-3H3,(H,17,18). The number of benzene rings is 1. The van der Waals surface area contributed by atoms with E-state index >= 15 is 0 Å². The maximum Gasteiger partial charge on any atom is 0.244 e. The van der Waals surface area contributed by atoms with Crippen molar-refractivity contribution >= 4 is 5.91 Å². The first kappa shape index (κ1) is 14.7. The topological polar surface area (TPSA) is 55.1 Å². The Bertz CT molecular complexity index is 373. The minimum Gasteiger partial charge on any atom is -0.352 e. The predicted molar refractivity (Wildman–Crippen MR) is 75.1 cm³/mol. The largest absolute Gasteiger partial charge is 0.352 e. The molecule has 0 saturated carbocycles. The van der Waals surface area contributed by atoms with Crippen molar-refractivity contribution in [3.05, 3.63) is 35.9 Å². The van der Waals surface area contributed by atoms with Crippen LogP contribution >= 0.6 is 0 Å². The molecule has 18 heavy (non-hydrogen) atoms. The summed E-state index contributed by atoms with van der Waals surface area (Å²) in [5, 5.41) is 2.99. The summed E-state index contributed by atoms with van der Waals surface area (Å²) in [4.78, 5) is 12.2. The van der Waals surface area contributed by atoms with Gasteiger partial charge < -0.3 is 11.1 Å². The van der Waals surface area contributed by atoms with Crippen LogP contribution in [-0.4, -0.2) is 11.9 Å². The number of unbranched alkanes of at least 4 members (excludes halogenated alkanes) is 1. The first-order valence-corrected chi connectivity index (χ1v) is 6.63. The van der Waals surface area contributed by atoms with Crippen molar-refractivity contribution in [2.75, 3.05) is 0 Å². The van der Waals surface area contributed by atoms with Crippen molar-refractivity contribution in [2.24, 2.45) is 5.73 Å². The third-order valence-corrected chi connectivity index (χ3v) is 3.21. The lowest BCUT2D eigenvalue weighted by molar-refractivity contribution is -0.126. The smallest absolute Gasteiger partial charge is 0.244 e. The first-order chi connectivity index (χ1) is 8.48. The normalized spacial score (nSPS) is 15.8. The number of carbonyl (C=O) groups is 1. The second kappa shape index (κ2) is 6.55. The van der Waals surface area contributed by atoms with Crippen LogP contribution in [0.4, 0.5) is 0 Å². The molecule has 1 aromatic carbocycles. The number of hydrogen-bond acceptors (Lipinski definition) is 2. The summed E-state index contributed by atoms with van der Waals surface area (Å²) >= 11 is 0. The Labute approximate surface area is 110 Å². The van der Waals surface area contributed by atoms with Gasteiger partial charge in [-0.1, -0.05) is 50.1 Å². The van der Waals surface area contributed by atoms with Crippen LogP contribution in [0.3, 0.4) is 0 Å². The van der Waals surface area contributed by atoms with Gasteiger partial charge in [-0.3, -0.25) is 4.79 Å². The monoisotopic (exact) mass is 248 g/mol. The molecule has 0 radical (unpaired) electrons. The number of nitrogens with one attached hydrogen (secondary N) is 1. The number of nitrogens with two attached hydrogens (primary N) is 1. The molecule has 2 unspecified atom stereocenters. The van der Waals surface area contributed by atoms with Gasteiger partial charge in [0.2, 0.25) is 5.91 Å². The molecular formula is C15H24N2O. The number of rotatable bonds is 6. The lowest BCUT2D eigenvalue weighted by Crippen LogP contribution is -2.51. The summed E-state index contributed by atoms with van der Waals surface area (Å²) in [5.41, 5.74) is 6.01. The van der Waals surface area contributed by atoms with E-state index in [4.69, 9.17) is 5.73 Å². The highest BCUT2D eigenvalue weighted by atomic mass is 16.2. The Morgan fingerprint density at radius 1 is 1.39 bits per heavy atom. The van der Waals surface area contributed by atoms with Crippen LogP contribution < -0.4 is 11.1 Å². The molecule has 3 nitrogen and oxygen atoms in total. The van der Waals surface area contributed by atoms with Gasteiger partial charge in [-0.25, -0.2) is 0 Å². The molecule has 3 N–H and O–H groups in total. The fraction of sp³-hybridized carbons (Fsp3) is 0.533. The molecule has 0 heterocycles. The molecule has 3 heteroatoms. The van der Waals surface area contributed by atoms with Gasteiger partial charge in [-0.2, -0.15) is 0 Å². The van der Waals surface area contributed by atoms with Gasteiger partial charge in [0.05, 0.1) is 0 Å². The van der Waals surface area contributed by atoms with Gasteiger partial charge in [0.15, 0.2) is 0 Å². The minimum absolute atomic E-state index is 0.114. The Balaban J connectivity index is 2.65. The highest BCUT2D eigenvalue weighted by molar-refractivity contribution is 5.87. The zero-order valence-electron chi connectivity index (χ0n) is 11.6. The van der Waals surface area contributed by atoms with Crippen molar-refractivity contribution in [3.63, 3.8) is 0 Å². The van der Waals surface area contributed by atoms with Crippen LogP contribution in [0, 0.1) is 0 Å². The van der Waals surface area contributed by atoms with Gasteiger partial charge >= 0.3 is 0 Å². The highest BCUT2D eigenvalue weighted by Gasteiger charge is 2.30. The fourth-order valence-electron chi connectivity index (χ4n) is 1.87. The summed E-state index contributed by atoms with van der Waals surface area (Å²) in [6.07, 6.45) is 3.25. The molecule has 0 spiro atoms. The molecule has 0 aliphatic rings. The van der Waals surface area contributed by atoms with E-state index in [9.17, 15) is 4.79 Å². The van der Waals surface area contributed by atoms with Crippen molar-refractivity contribution in [1.29, 1.82) is 0 Å². The van der Waals surface area contributed by atoms with Crippen LogP contribution in [0.2, 0.25) is 0 Å². The Morgan fingerprint density at radius 2 is 2.00 bits per heavy atom. The van der Waals surface area contributed by atoms with Gasteiger partial charge in [0, 0.05) is 6.04 Å². The van der Waals surface area contributed by atoms with Crippen LogP contribution in [-0.2, 0) is 10.3 Å². The van der Waals surface area contributed by atoms with E-state index in [0.717, 1.165) is 24.8 Å². The van der Waals surface area contributed by atoms with E-state index in [1.807, 2.05) is 37.3 Å². The van der Waals surface area contributed by atoms with Gasteiger partial charge in [-0.15, -0.1) is 0 Å². The van der Waals surface area contributed by atoms with E-state index in [1.54, 1.807) is 6.92 Å². The molecule has 100 valence electrons. The summed E-state index contributed by atoms with van der Waals surface area (Å²) in [6, 6.07) is 9.65. The van der Waals surface area contributed by atoms with E-state index in [-0.39, 0.29) is 11.9 Å². The van der Waals surface area contributed by atoms with E-state index < -0.39 is 5.54 Å². The molecule has 1 amide bonds. The van der Waals surface area contributed by atoms with E-state index in [1.165, 1.54) is 0 Å². The maximum absolute atomic E-state index is 12.2. The average Bonchev–Trinajstić information content (AvgIpc) is 2.37. The molecule has 1 rings (SSSR count). The molecule has 0 aliphatic carbocycles. The number of carbonyl (C=O) groups excluding carboxylic acids is 1. The van der Waals surface area contributed by atoms with Crippen molar-refractivity contribution < 1.29 is 4.79 Å². The molecule has 0 bridgehead atoms. The predicted octanol–water partition coefficient (Wildman–Crippen LogP) is 2.56. The summed E-state index contributed by atoms with van der Waals surface area (Å²) < 4.78 is 0. The first-order valence-electron chi connectivity index (χ1n) is 6.63. The second-order valence-corrected chi connectivity index (χ2v) is 5.09. The second-order valence-electron chi connectivity index (χ2n) is 5.09. The van der Waals surface area contributed by atoms with Gasteiger partial charge in [0.25, 0.3) is 0 Å². The molecule has 1 aromatic rings. The average molecular weight is 248 g/mol. The Morgan fingerprint density at radius 3 is 2.56 bits per heavy atom. The van der Waals surface area contributed by atoms with Crippen molar-refractivity contribution in [2.45, 2.75) is 51.6 Å². The number of amides is 1. The van der Waals surface area contributed by atoms with E-state index in [2.05, 4.69) is 12.2 Å². The van der Waals surface area contributed by atoms with Crippen molar-refractivity contribution in [1.82, 2.24) is 5.32 Å². The highest BCUT2D eigenvalue weighted by Crippen LogP contribution is 2.17. The zero-order chi connectivity index (χ0) is 13.6. The van der Waals surface area contributed by atoms with Crippen LogP contribution in [0.15, 0.2) is 30.3 Å². The molecule has 0 aromatic heterocycles. The Hall–Kier alpha value is -1.35. The molecule has 0 aliphatic heterocycles. The Kier molecular flexibility index (Phi) is 5.35. The third kappa shape index (κ3) is 3.84. The summed E-state index contributed by atoms with van der Waals surface area (Å²) in [5.74, 6) is -0.114. The van der Waals surface area contributed by atoms with Crippen LogP contribution in [0.5, 0.6) is 0 Å². The third-order valence-electron chi connectivity index (χ3n) is 3.21.